The highest BCUT2D eigenvalue weighted by Crippen LogP contribution is 2.43. The molecule has 0 spiro atoms. The molecule has 11 heteroatoms. The van der Waals surface area contributed by atoms with E-state index in [0.29, 0.717) is 13.0 Å². The third-order valence-corrected chi connectivity index (χ3v) is 9.48. The Hall–Kier alpha value is -2.33. The number of unbranched alkanes of at least 4 members (excludes halogenated alkanes) is 15. The molecular weight excluding hydrogens is 705 g/mol. The number of carbonyl (C=O) groups is 2. The van der Waals surface area contributed by atoms with Crippen molar-refractivity contribution in [3.05, 3.63) is 60.8 Å². The molecule has 0 aliphatic rings. The first-order valence-corrected chi connectivity index (χ1v) is 22.3. The number of hydrogen-bond donors (Lipinski definition) is 3. The van der Waals surface area contributed by atoms with Crippen molar-refractivity contribution in [3.8, 4) is 0 Å². The molecule has 0 rings (SSSR count). The number of allylic oxidation sites excluding steroid dienone is 10. The second-order valence-corrected chi connectivity index (χ2v) is 15.2. The number of phosphoric ester groups is 1. The van der Waals surface area contributed by atoms with E-state index >= 15 is 0 Å². The fraction of sp³-hybridized carbons (Fsp3) is 0.721. The quantitative estimate of drug-likeness (QED) is 0.0237. The minimum atomic E-state index is -4.62. The average molecular weight is 782 g/mol. The van der Waals surface area contributed by atoms with Gasteiger partial charge < -0.3 is 25.2 Å². The molecule has 0 saturated carbocycles. The number of phosphoric acid groups is 1. The van der Waals surface area contributed by atoms with Gasteiger partial charge in [0.1, 0.15) is 12.1 Å². The number of carbonyl (C=O) groups excluding carboxylic acids is 1. The van der Waals surface area contributed by atoms with Gasteiger partial charge in [0.25, 0.3) is 0 Å². The van der Waals surface area contributed by atoms with E-state index in [-0.39, 0.29) is 13.0 Å². The number of ether oxygens (including phenoxy) is 2. The van der Waals surface area contributed by atoms with Crippen molar-refractivity contribution in [1.82, 2.24) is 0 Å². The zero-order chi connectivity index (χ0) is 39.8. The van der Waals surface area contributed by atoms with Crippen LogP contribution in [0.1, 0.15) is 162 Å². The van der Waals surface area contributed by atoms with Gasteiger partial charge in [0.15, 0.2) is 0 Å². The van der Waals surface area contributed by atoms with Crippen molar-refractivity contribution in [2.75, 3.05) is 26.4 Å². The second kappa shape index (κ2) is 38.9. The van der Waals surface area contributed by atoms with E-state index in [1.165, 1.54) is 44.9 Å². The van der Waals surface area contributed by atoms with Gasteiger partial charge in [-0.3, -0.25) is 18.6 Å². The van der Waals surface area contributed by atoms with Gasteiger partial charge >= 0.3 is 19.8 Å². The first-order chi connectivity index (χ1) is 26.2. The normalized spacial score (nSPS) is 14.6. The summed E-state index contributed by atoms with van der Waals surface area (Å²) in [5.41, 5.74) is 5.34. The standard InChI is InChI=1S/C43H76NO9P/c1-3-5-7-9-11-13-15-17-18-19-20-21-22-23-24-26-28-30-32-34-36-50-37-40(38-51-54(48,49)52-39-41(44)43(46)47)53-42(45)35-33-31-29-27-25-16-14-12-10-8-6-4-2/h5,7,11-14,17-18,20-21,40-41H,3-4,6,8-10,15-16,19,22-39,44H2,1-2H3,(H,46,47)(H,48,49)/b7-5-,13-11-,14-12-,18-17-,21-20-. The molecule has 0 amide bonds. The highest BCUT2D eigenvalue weighted by atomic mass is 31.2. The van der Waals surface area contributed by atoms with Gasteiger partial charge in [0, 0.05) is 13.0 Å². The summed E-state index contributed by atoms with van der Waals surface area (Å²) in [5, 5.41) is 8.88. The van der Waals surface area contributed by atoms with Gasteiger partial charge in [-0.2, -0.15) is 0 Å². The number of aliphatic carboxylic acids is 1. The van der Waals surface area contributed by atoms with Crippen LogP contribution in [0.4, 0.5) is 0 Å². The van der Waals surface area contributed by atoms with E-state index in [2.05, 4.69) is 74.6 Å². The van der Waals surface area contributed by atoms with Gasteiger partial charge in [-0.15, -0.1) is 0 Å². The van der Waals surface area contributed by atoms with Crippen molar-refractivity contribution in [1.29, 1.82) is 0 Å². The van der Waals surface area contributed by atoms with E-state index in [1.807, 2.05) is 0 Å². The molecule has 0 aliphatic carbocycles. The summed E-state index contributed by atoms with van der Waals surface area (Å²) in [4.78, 5) is 33.4. The van der Waals surface area contributed by atoms with Crippen LogP contribution in [0.15, 0.2) is 60.8 Å². The maximum atomic E-state index is 12.6. The molecular formula is C43H76NO9P. The highest BCUT2D eigenvalue weighted by molar-refractivity contribution is 7.47. The lowest BCUT2D eigenvalue weighted by molar-refractivity contribution is -0.154. The van der Waals surface area contributed by atoms with E-state index < -0.39 is 45.1 Å². The van der Waals surface area contributed by atoms with Crippen LogP contribution in [0, 0.1) is 0 Å². The van der Waals surface area contributed by atoms with Crippen LogP contribution < -0.4 is 5.73 Å². The predicted octanol–water partition coefficient (Wildman–Crippen LogP) is 11.3. The first-order valence-electron chi connectivity index (χ1n) is 20.8. The number of rotatable bonds is 39. The van der Waals surface area contributed by atoms with Crippen molar-refractivity contribution in [2.45, 2.75) is 174 Å². The molecule has 3 unspecified atom stereocenters. The molecule has 0 aromatic rings. The molecule has 0 aliphatic heterocycles. The number of hydrogen-bond acceptors (Lipinski definition) is 8. The van der Waals surface area contributed by atoms with Crippen LogP contribution >= 0.6 is 7.82 Å². The maximum Gasteiger partial charge on any atom is 0.472 e. The summed E-state index contributed by atoms with van der Waals surface area (Å²) >= 11 is 0. The Morgan fingerprint density at radius 1 is 0.611 bits per heavy atom. The Balaban J connectivity index is 4.26. The number of carboxylic acids is 1. The SMILES string of the molecule is CC/C=C\C/C=C\C/C=C\C/C=C\CCCCCCCCCOCC(COP(=O)(O)OCC(N)C(=O)O)OC(=O)CCCCCCC/C=C\CCCCC. The molecule has 312 valence electrons. The highest BCUT2D eigenvalue weighted by Gasteiger charge is 2.27. The molecule has 54 heavy (non-hydrogen) atoms. The molecule has 0 fully saturated rings. The lowest BCUT2D eigenvalue weighted by Gasteiger charge is -2.20. The number of esters is 1. The van der Waals surface area contributed by atoms with Gasteiger partial charge in [-0.1, -0.05) is 139 Å². The van der Waals surface area contributed by atoms with E-state index in [1.54, 1.807) is 0 Å². The minimum absolute atomic E-state index is 0.00361. The average Bonchev–Trinajstić information content (AvgIpc) is 3.15. The summed E-state index contributed by atoms with van der Waals surface area (Å²) in [7, 11) is -4.62. The van der Waals surface area contributed by atoms with Gasteiger partial charge in [0.05, 0.1) is 19.8 Å². The fourth-order valence-electron chi connectivity index (χ4n) is 5.29. The molecule has 0 aromatic carbocycles. The summed E-state index contributed by atoms with van der Waals surface area (Å²) in [6, 6.07) is -1.48. The van der Waals surface area contributed by atoms with Crippen molar-refractivity contribution in [2.24, 2.45) is 5.73 Å². The summed E-state index contributed by atoms with van der Waals surface area (Å²) in [5.74, 6) is -1.80. The van der Waals surface area contributed by atoms with Crippen LogP contribution in [-0.2, 0) is 32.7 Å². The molecule has 0 bridgehead atoms. The third kappa shape index (κ3) is 38.0. The van der Waals surface area contributed by atoms with Crippen LogP contribution in [-0.4, -0.2) is 60.5 Å². The molecule has 0 aromatic heterocycles. The largest absolute Gasteiger partial charge is 0.480 e. The van der Waals surface area contributed by atoms with Crippen molar-refractivity contribution >= 4 is 19.8 Å². The fourth-order valence-corrected chi connectivity index (χ4v) is 6.07. The zero-order valence-corrected chi connectivity index (χ0v) is 34.7. The smallest absolute Gasteiger partial charge is 0.472 e. The zero-order valence-electron chi connectivity index (χ0n) is 33.8. The minimum Gasteiger partial charge on any atom is -0.480 e. The topological polar surface area (TPSA) is 155 Å². The Kier molecular flexibility index (Phi) is 37.2. The van der Waals surface area contributed by atoms with Gasteiger partial charge in [0.2, 0.25) is 0 Å². The van der Waals surface area contributed by atoms with Crippen LogP contribution in [0.2, 0.25) is 0 Å². The monoisotopic (exact) mass is 782 g/mol. The molecule has 10 nitrogen and oxygen atoms in total. The lowest BCUT2D eigenvalue weighted by atomic mass is 10.1. The Bertz CT molecular complexity index is 1090. The molecule has 0 saturated heterocycles. The summed E-state index contributed by atoms with van der Waals surface area (Å²) in [6.07, 6.45) is 45.6. The van der Waals surface area contributed by atoms with Crippen LogP contribution in [0.5, 0.6) is 0 Å². The third-order valence-electron chi connectivity index (χ3n) is 8.53. The maximum absolute atomic E-state index is 12.6. The van der Waals surface area contributed by atoms with Crippen molar-refractivity contribution in [3.63, 3.8) is 0 Å². The second-order valence-electron chi connectivity index (χ2n) is 13.7. The lowest BCUT2D eigenvalue weighted by Crippen LogP contribution is -2.34. The summed E-state index contributed by atoms with van der Waals surface area (Å²) in [6.45, 7) is 3.69. The molecule has 4 N–H and O–H groups in total. The van der Waals surface area contributed by atoms with Crippen LogP contribution in [0.25, 0.3) is 0 Å². The number of nitrogens with two attached hydrogens (primary N) is 1. The molecule has 0 radical (unpaired) electrons. The van der Waals surface area contributed by atoms with E-state index in [4.69, 9.17) is 29.4 Å². The Morgan fingerprint density at radius 2 is 1.07 bits per heavy atom. The van der Waals surface area contributed by atoms with E-state index in [9.17, 15) is 19.0 Å². The van der Waals surface area contributed by atoms with Crippen LogP contribution in [0.3, 0.4) is 0 Å². The molecule has 0 heterocycles. The molecule has 3 atom stereocenters. The summed E-state index contributed by atoms with van der Waals surface area (Å²) < 4.78 is 33.3. The van der Waals surface area contributed by atoms with Gasteiger partial charge in [-0.25, -0.2) is 4.57 Å². The number of carboxylic acid groups (broad SMARTS) is 1. The van der Waals surface area contributed by atoms with E-state index in [0.717, 1.165) is 89.9 Å². The Morgan fingerprint density at radius 3 is 1.63 bits per heavy atom. The van der Waals surface area contributed by atoms with Gasteiger partial charge in [-0.05, 0) is 77.0 Å². The first kappa shape index (κ1) is 51.7. The Labute approximate surface area is 328 Å². The predicted molar refractivity (Wildman–Crippen MR) is 221 cm³/mol. The van der Waals surface area contributed by atoms with Crippen molar-refractivity contribution < 1.29 is 42.7 Å².